The summed E-state index contributed by atoms with van der Waals surface area (Å²) in [6.07, 6.45) is 2.82. The maximum absolute atomic E-state index is 13.7. The number of rotatable bonds is 4. The number of benzene rings is 1. The van der Waals surface area contributed by atoms with Gasteiger partial charge in [0.1, 0.15) is 23.5 Å². The summed E-state index contributed by atoms with van der Waals surface area (Å²) in [6.45, 7) is 2.75. The van der Waals surface area contributed by atoms with Gasteiger partial charge in [-0.25, -0.2) is 13.8 Å². The predicted octanol–water partition coefficient (Wildman–Crippen LogP) is 4.00. The van der Waals surface area contributed by atoms with Gasteiger partial charge < -0.3 is 10.2 Å². The second-order valence-corrected chi connectivity index (χ2v) is 7.72. The third kappa shape index (κ3) is 4.57. The molecule has 1 N–H and O–H groups in total. The minimum absolute atomic E-state index is 0.0336. The van der Waals surface area contributed by atoms with Crippen molar-refractivity contribution in [1.82, 2.24) is 15.3 Å². The van der Waals surface area contributed by atoms with Crippen LogP contribution in [0.2, 0.25) is 0 Å². The molecule has 0 bridgehead atoms. The molecule has 1 aromatic carbocycles. The zero-order valence-corrected chi connectivity index (χ0v) is 17.5. The van der Waals surface area contributed by atoms with E-state index in [0.717, 1.165) is 0 Å². The summed E-state index contributed by atoms with van der Waals surface area (Å²) in [5, 5.41) is 12.3. The maximum Gasteiger partial charge on any atom is 0.253 e. The number of halogens is 2. The van der Waals surface area contributed by atoms with Gasteiger partial charge >= 0.3 is 0 Å². The lowest BCUT2D eigenvalue weighted by atomic mass is 10.0. The van der Waals surface area contributed by atoms with Crippen molar-refractivity contribution in [3.8, 4) is 17.3 Å². The number of anilines is 1. The molecule has 1 amide bonds. The van der Waals surface area contributed by atoms with Crippen LogP contribution in [0.3, 0.4) is 0 Å². The molecule has 0 saturated carbocycles. The second-order valence-electron chi connectivity index (χ2n) is 7.72. The SMILES string of the molecule is Cc1nc(N2CCC(NC(=O)c3ccc(-c4cccc(F)c4)nc3)CC2)c(C#N)cc1F. The molecule has 4 rings (SSSR count). The van der Waals surface area contributed by atoms with Crippen molar-refractivity contribution < 1.29 is 13.6 Å². The average Bonchev–Trinajstić information content (AvgIpc) is 2.81. The number of nitriles is 1. The van der Waals surface area contributed by atoms with E-state index >= 15 is 0 Å². The van der Waals surface area contributed by atoms with Gasteiger partial charge in [0.2, 0.25) is 0 Å². The second kappa shape index (κ2) is 9.10. The Morgan fingerprint density at radius 2 is 1.97 bits per heavy atom. The van der Waals surface area contributed by atoms with Crippen LogP contribution in [0.25, 0.3) is 11.3 Å². The Bertz CT molecular complexity index is 1180. The van der Waals surface area contributed by atoms with Crippen molar-refractivity contribution in [1.29, 1.82) is 5.26 Å². The normalized spacial score (nSPS) is 14.1. The van der Waals surface area contributed by atoms with Gasteiger partial charge in [-0.2, -0.15) is 5.26 Å². The fraction of sp³-hybridized carbons (Fsp3) is 0.250. The van der Waals surface area contributed by atoms with Crippen LogP contribution in [0.4, 0.5) is 14.6 Å². The van der Waals surface area contributed by atoms with Crippen LogP contribution in [-0.4, -0.2) is 35.0 Å². The number of hydrogen-bond donors (Lipinski definition) is 1. The molecule has 32 heavy (non-hydrogen) atoms. The number of aromatic nitrogens is 2. The minimum Gasteiger partial charge on any atom is -0.355 e. The molecule has 1 fully saturated rings. The first kappa shape index (κ1) is 21.4. The lowest BCUT2D eigenvalue weighted by Crippen LogP contribution is -2.45. The molecule has 1 aliphatic heterocycles. The van der Waals surface area contributed by atoms with Crippen molar-refractivity contribution >= 4 is 11.7 Å². The van der Waals surface area contributed by atoms with Crippen molar-refractivity contribution in [3.63, 3.8) is 0 Å². The number of nitrogens with one attached hydrogen (secondary N) is 1. The van der Waals surface area contributed by atoms with Crippen LogP contribution in [-0.2, 0) is 0 Å². The summed E-state index contributed by atoms with van der Waals surface area (Å²) in [4.78, 5) is 23.1. The fourth-order valence-electron chi connectivity index (χ4n) is 3.74. The third-order valence-electron chi connectivity index (χ3n) is 5.53. The van der Waals surface area contributed by atoms with Crippen molar-refractivity contribution in [2.24, 2.45) is 0 Å². The highest BCUT2D eigenvalue weighted by atomic mass is 19.1. The van der Waals surface area contributed by atoms with E-state index < -0.39 is 5.82 Å². The van der Waals surface area contributed by atoms with Crippen molar-refractivity contribution in [2.45, 2.75) is 25.8 Å². The summed E-state index contributed by atoms with van der Waals surface area (Å²) in [5.41, 5.74) is 2.12. The zero-order chi connectivity index (χ0) is 22.7. The average molecular weight is 433 g/mol. The molecule has 6 nitrogen and oxygen atoms in total. The van der Waals surface area contributed by atoms with E-state index in [1.807, 2.05) is 11.0 Å². The molecule has 8 heteroatoms. The van der Waals surface area contributed by atoms with E-state index in [0.29, 0.717) is 48.6 Å². The zero-order valence-electron chi connectivity index (χ0n) is 17.5. The quantitative estimate of drug-likeness (QED) is 0.673. The largest absolute Gasteiger partial charge is 0.355 e. The smallest absolute Gasteiger partial charge is 0.253 e. The van der Waals surface area contributed by atoms with E-state index in [2.05, 4.69) is 15.3 Å². The Balaban J connectivity index is 1.37. The lowest BCUT2D eigenvalue weighted by molar-refractivity contribution is 0.0930. The molecule has 0 spiro atoms. The van der Waals surface area contributed by atoms with Gasteiger partial charge in [-0.3, -0.25) is 9.78 Å². The molecule has 2 aromatic heterocycles. The number of carbonyl (C=O) groups is 1. The van der Waals surface area contributed by atoms with Gasteiger partial charge in [0.15, 0.2) is 0 Å². The first-order chi connectivity index (χ1) is 15.4. The molecule has 0 aliphatic carbocycles. The highest BCUT2D eigenvalue weighted by Crippen LogP contribution is 2.24. The number of hydrogen-bond acceptors (Lipinski definition) is 5. The highest BCUT2D eigenvalue weighted by molar-refractivity contribution is 5.94. The Hall–Kier alpha value is -3.86. The van der Waals surface area contributed by atoms with Gasteiger partial charge in [0.25, 0.3) is 5.91 Å². The van der Waals surface area contributed by atoms with Gasteiger partial charge in [-0.15, -0.1) is 0 Å². The van der Waals surface area contributed by atoms with Crippen molar-refractivity contribution in [2.75, 3.05) is 18.0 Å². The maximum atomic E-state index is 13.7. The molecule has 0 radical (unpaired) electrons. The van der Waals surface area contributed by atoms with Crippen molar-refractivity contribution in [3.05, 3.63) is 77.1 Å². The molecule has 0 unspecified atom stereocenters. The van der Waals surface area contributed by atoms with Crippen LogP contribution in [0.15, 0.2) is 48.7 Å². The van der Waals surface area contributed by atoms with Gasteiger partial charge in [0, 0.05) is 30.9 Å². The number of aryl methyl sites for hydroxylation is 1. The number of pyridine rings is 2. The Kier molecular flexibility index (Phi) is 6.08. The van der Waals surface area contributed by atoms with Gasteiger partial charge in [-0.1, -0.05) is 12.1 Å². The summed E-state index contributed by atoms with van der Waals surface area (Å²) in [7, 11) is 0. The molecule has 162 valence electrons. The van der Waals surface area contributed by atoms with E-state index in [9.17, 15) is 18.8 Å². The van der Waals surface area contributed by atoms with Crippen LogP contribution in [0.1, 0.15) is 34.5 Å². The highest BCUT2D eigenvalue weighted by Gasteiger charge is 2.24. The van der Waals surface area contributed by atoms with E-state index in [1.54, 1.807) is 31.2 Å². The molecular weight excluding hydrogens is 412 g/mol. The molecule has 3 aromatic rings. The van der Waals surface area contributed by atoms with E-state index in [4.69, 9.17) is 0 Å². The summed E-state index contributed by atoms with van der Waals surface area (Å²) >= 11 is 0. The molecule has 3 heterocycles. The van der Waals surface area contributed by atoms with E-state index in [-0.39, 0.29) is 29.0 Å². The third-order valence-corrected chi connectivity index (χ3v) is 5.53. The van der Waals surface area contributed by atoms with Gasteiger partial charge in [0.05, 0.1) is 22.5 Å². The number of amides is 1. The summed E-state index contributed by atoms with van der Waals surface area (Å²) in [5.74, 6) is -0.585. The summed E-state index contributed by atoms with van der Waals surface area (Å²) in [6, 6.07) is 12.7. The fourth-order valence-corrected chi connectivity index (χ4v) is 3.74. The minimum atomic E-state index is -0.496. The molecule has 1 saturated heterocycles. The van der Waals surface area contributed by atoms with E-state index in [1.165, 1.54) is 24.4 Å². The molecular formula is C24H21F2N5O. The Labute approximate surface area is 184 Å². The van der Waals surface area contributed by atoms with Crippen LogP contribution < -0.4 is 10.2 Å². The number of carbonyl (C=O) groups excluding carboxylic acids is 1. The van der Waals surface area contributed by atoms with Crippen LogP contribution >= 0.6 is 0 Å². The molecule has 1 aliphatic rings. The topological polar surface area (TPSA) is 81.9 Å². The monoisotopic (exact) mass is 433 g/mol. The number of piperidine rings is 1. The Morgan fingerprint density at radius 3 is 2.62 bits per heavy atom. The summed E-state index contributed by atoms with van der Waals surface area (Å²) < 4.78 is 27.1. The van der Waals surface area contributed by atoms with Crippen LogP contribution in [0.5, 0.6) is 0 Å². The standard InChI is InChI=1S/C24H21F2N5O/c1-15-21(26)12-18(13-27)23(29-15)31-9-7-20(8-10-31)30-24(32)17-5-6-22(28-14-17)16-3-2-4-19(25)11-16/h2-6,11-12,14,20H,7-10H2,1H3,(H,30,32). The van der Waals surface area contributed by atoms with Gasteiger partial charge in [-0.05, 0) is 50.1 Å². The Morgan fingerprint density at radius 1 is 1.19 bits per heavy atom. The van der Waals surface area contributed by atoms with Crippen LogP contribution in [0, 0.1) is 29.9 Å². The lowest BCUT2D eigenvalue weighted by Gasteiger charge is -2.33. The molecule has 0 atom stereocenters. The first-order valence-corrected chi connectivity index (χ1v) is 10.3. The predicted molar refractivity (Wildman–Crippen MR) is 116 cm³/mol. The number of nitrogens with zero attached hydrogens (tertiary/aromatic N) is 4. The first-order valence-electron chi connectivity index (χ1n) is 10.3.